The molecule has 0 amide bonds. The summed E-state index contributed by atoms with van der Waals surface area (Å²) in [5.41, 5.74) is 2.30. The van der Waals surface area contributed by atoms with Crippen molar-refractivity contribution >= 4 is 22.9 Å². The van der Waals surface area contributed by atoms with Gasteiger partial charge in [0.25, 0.3) is 0 Å². The molecule has 0 spiro atoms. The monoisotopic (exact) mass is 294 g/mol. The van der Waals surface area contributed by atoms with Crippen molar-refractivity contribution in [1.29, 1.82) is 0 Å². The Balaban J connectivity index is 2.19. The third-order valence-corrected chi connectivity index (χ3v) is 3.95. The molecule has 1 heterocycles. The van der Waals surface area contributed by atoms with E-state index < -0.39 is 0 Å². The van der Waals surface area contributed by atoms with Gasteiger partial charge in [0.15, 0.2) is 0 Å². The summed E-state index contributed by atoms with van der Waals surface area (Å²) < 4.78 is 0. The van der Waals surface area contributed by atoms with E-state index in [4.69, 9.17) is 16.6 Å². The van der Waals surface area contributed by atoms with E-state index in [0.29, 0.717) is 0 Å². The van der Waals surface area contributed by atoms with Crippen LogP contribution < -0.4 is 5.32 Å². The minimum absolute atomic E-state index is 0.111. The van der Waals surface area contributed by atoms with Gasteiger partial charge in [-0.3, -0.25) is 0 Å². The van der Waals surface area contributed by atoms with Crippen LogP contribution >= 0.6 is 22.9 Å². The molecule has 0 atom stereocenters. The lowest BCUT2D eigenvalue weighted by molar-refractivity contribution is 0.424. The largest absolute Gasteiger partial charge is 0.306 e. The summed E-state index contributed by atoms with van der Waals surface area (Å²) in [4.78, 5) is 5.97. The van der Waals surface area contributed by atoms with Crippen LogP contribution in [0.4, 0.5) is 0 Å². The first-order valence-corrected chi connectivity index (χ1v) is 7.52. The fourth-order valence-corrected chi connectivity index (χ4v) is 2.76. The predicted octanol–water partition coefficient (Wildman–Crippen LogP) is 4.66. The Hall–Kier alpha value is -0.900. The Morgan fingerprint density at radius 1 is 1.21 bits per heavy atom. The lowest BCUT2D eigenvalue weighted by Crippen LogP contribution is -2.34. The Bertz CT molecular complexity index is 553. The molecular weight excluding hydrogens is 276 g/mol. The second-order valence-electron chi connectivity index (χ2n) is 5.62. The molecule has 0 aliphatic carbocycles. The van der Waals surface area contributed by atoms with E-state index in [1.165, 1.54) is 4.88 Å². The molecule has 1 aromatic carbocycles. The predicted molar refractivity (Wildman–Crippen MR) is 83.9 cm³/mol. The SMILES string of the molecule is Cc1sc(CNC(C)(C)C)nc1-c1ccc(Cl)cc1. The maximum Gasteiger partial charge on any atom is 0.107 e. The number of rotatable bonds is 3. The Morgan fingerprint density at radius 2 is 1.84 bits per heavy atom. The van der Waals surface area contributed by atoms with Gasteiger partial charge in [-0.05, 0) is 39.8 Å². The zero-order valence-corrected chi connectivity index (χ0v) is 13.3. The molecule has 0 saturated carbocycles. The van der Waals surface area contributed by atoms with Crippen LogP contribution in [0.2, 0.25) is 5.02 Å². The minimum Gasteiger partial charge on any atom is -0.306 e. The van der Waals surface area contributed by atoms with Gasteiger partial charge >= 0.3 is 0 Å². The molecule has 0 fully saturated rings. The van der Waals surface area contributed by atoms with Gasteiger partial charge in [0.05, 0.1) is 5.69 Å². The number of nitrogens with one attached hydrogen (secondary N) is 1. The molecule has 2 rings (SSSR count). The van der Waals surface area contributed by atoms with Crippen molar-refractivity contribution in [3.8, 4) is 11.3 Å². The van der Waals surface area contributed by atoms with E-state index in [1.807, 2.05) is 24.3 Å². The van der Waals surface area contributed by atoms with Gasteiger partial charge in [0.1, 0.15) is 5.01 Å². The number of hydrogen-bond acceptors (Lipinski definition) is 3. The molecule has 19 heavy (non-hydrogen) atoms. The number of halogens is 1. The van der Waals surface area contributed by atoms with Gasteiger partial charge in [-0.1, -0.05) is 23.7 Å². The van der Waals surface area contributed by atoms with Crippen LogP contribution in [0, 0.1) is 6.92 Å². The van der Waals surface area contributed by atoms with Crippen LogP contribution in [0.5, 0.6) is 0 Å². The molecule has 0 bridgehead atoms. The van der Waals surface area contributed by atoms with E-state index in [0.717, 1.165) is 27.8 Å². The molecule has 2 aromatic rings. The van der Waals surface area contributed by atoms with Gasteiger partial charge in [-0.25, -0.2) is 4.98 Å². The highest BCUT2D eigenvalue weighted by molar-refractivity contribution is 7.12. The van der Waals surface area contributed by atoms with Crippen LogP contribution in [0.15, 0.2) is 24.3 Å². The van der Waals surface area contributed by atoms with Crippen molar-refractivity contribution in [3.05, 3.63) is 39.2 Å². The zero-order valence-electron chi connectivity index (χ0n) is 11.7. The Kier molecular flexibility index (Phi) is 4.29. The van der Waals surface area contributed by atoms with E-state index >= 15 is 0 Å². The maximum absolute atomic E-state index is 5.92. The zero-order chi connectivity index (χ0) is 14.0. The summed E-state index contributed by atoms with van der Waals surface area (Å²) in [6.07, 6.45) is 0. The second-order valence-corrected chi connectivity index (χ2v) is 7.35. The van der Waals surface area contributed by atoms with Gasteiger partial charge in [-0.15, -0.1) is 11.3 Å². The number of thiazole rings is 1. The van der Waals surface area contributed by atoms with Crippen molar-refractivity contribution in [2.75, 3.05) is 0 Å². The van der Waals surface area contributed by atoms with Crippen LogP contribution in [-0.4, -0.2) is 10.5 Å². The Morgan fingerprint density at radius 3 is 2.42 bits per heavy atom. The smallest absolute Gasteiger partial charge is 0.107 e. The van der Waals surface area contributed by atoms with E-state index in [1.54, 1.807) is 11.3 Å². The molecule has 0 unspecified atom stereocenters. The topological polar surface area (TPSA) is 24.9 Å². The lowest BCUT2D eigenvalue weighted by atomic mass is 10.1. The highest BCUT2D eigenvalue weighted by Gasteiger charge is 2.13. The van der Waals surface area contributed by atoms with Crippen molar-refractivity contribution in [1.82, 2.24) is 10.3 Å². The standard InChI is InChI=1S/C15H19ClN2S/c1-10-14(11-5-7-12(16)8-6-11)18-13(19-10)9-17-15(2,3)4/h5-8,17H,9H2,1-4H3. The molecule has 0 aliphatic heterocycles. The molecule has 1 aromatic heterocycles. The van der Waals surface area contributed by atoms with E-state index in [2.05, 4.69) is 33.0 Å². The number of hydrogen-bond donors (Lipinski definition) is 1. The van der Waals surface area contributed by atoms with Gasteiger partial charge in [-0.2, -0.15) is 0 Å². The number of benzene rings is 1. The number of aromatic nitrogens is 1. The maximum atomic E-state index is 5.92. The van der Waals surface area contributed by atoms with E-state index in [-0.39, 0.29) is 5.54 Å². The van der Waals surface area contributed by atoms with Crippen LogP contribution in [-0.2, 0) is 6.54 Å². The molecular formula is C15H19ClN2S. The van der Waals surface area contributed by atoms with Crippen molar-refractivity contribution in [3.63, 3.8) is 0 Å². The summed E-state index contributed by atoms with van der Waals surface area (Å²) in [5.74, 6) is 0. The van der Waals surface area contributed by atoms with Gasteiger partial charge in [0.2, 0.25) is 0 Å². The molecule has 0 aliphatic rings. The fraction of sp³-hybridized carbons (Fsp3) is 0.400. The first-order chi connectivity index (χ1) is 8.85. The van der Waals surface area contributed by atoms with Gasteiger partial charge < -0.3 is 5.32 Å². The minimum atomic E-state index is 0.111. The first kappa shape index (κ1) is 14.5. The highest BCUT2D eigenvalue weighted by Crippen LogP contribution is 2.28. The number of aryl methyl sites for hydroxylation is 1. The van der Waals surface area contributed by atoms with Gasteiger partial charge in [0, 0.05) is 27.5 Å². The second kappa shape index (κ2) is 5.61. The first-order valence-electron chi connectivity index (χ1n) is 6.32. The lowest BCUT2D eigenvalue weighted by Gasteiger charge is -2.19. The van der Waals surface area contributed by atoms with Crippen molar-refractivity contribution < 1.29 is 0 Å². The molecule has 102 valence electrons. The normalized spacial score (nSPS) is 11.8. The van der Waals surface area contributed by atoms with Crippen LogP contribution in [0.25, 0.3) is 11.3 Å². The summed E-state index contributed by atoms with van der Waals surface area (Å²) in [7, 11) is 0. The quantitative estimate of drug-likeness (QED) is 0.890. The van der Waals surface area contributed by atoms with Crippen LogP contribution in [0.3, 0.4) is 0 Å². The molecule has 0 saturated heterocycles. The fourth-order valence-electron chi connectivity index (χ4n) is 1.74. The molecule has 2 nitrogen and oxygen atoms in total. The summed E-state index contributed by atoms with van der Waals surface area (Å²) in [6, 6.07) is 7.85. The third kappa shape index (κ3) is 4.03. The summed E-state index contributed by atoms with van der Waals surface area (Å²) >= 11 is 7.66. The van der Waals surface area contributed by atoms with E-state index in [9.17, 15) is 0 Å². The average Bonchev–Trinajstić information content (AvgIpc) is 2.68. The average molecular weight is 295 g/mol. The Labute approximate surface area is 123 Å². The van der Waals surface area contributed by atoms with Crippen molar-refractivity contribution in [2.45, 2.75) is 39.8 Å². The highest BCUT2D eigenvalue weighted by atomic mass is 35.5. The molecule has 1 N–H and O–H groups in total. The van der Waals surface area contributed by atoms with Crippen LogP contribution in [0.1, 0.15) is 30.7 Å². The molecule has 0 radical (unpaired) electrons. The number of nitrogens with zero attached hydrogens (tertiary/aromatic N) is 1. The summed E-state index contributed by atoms with van der Waals surface area (Å²) in [5, 5.41) is 5.34. The third-order valence-electron chi connectivity index (χ3n) is 2.73. The molecule has 4 heteroatoms. The van der Waals surface area contributed by atoms with Crippen molar-refractivity contribution in [2.24, 2.45) is 0 Å². The summed E-state index contributed by atoms with van der Waals surface area (Å²) in [6.45, 7) is 9.40.